The topological polar surface area (TPSA) is 75.3 Å². The Morgan fingerprint density at radius 1 is 1.62 bits per heavy atom. The number of carbonyl (C=O) groups excluding carboxylic acids is 1. The standard InChI is InChI=1S/C11H15FN2O2/c1-7(4-5-15)14-11(16)9-3-2-8(13)6-10(9)12/h2-3,6-7,15H,4-5,13H2,1H3,(H,14,16). The molecule has 5 heteroatoms. The van der Waals surface area contributed by atoms with Crippen molar-refractivity contribution in [2.75, 3.05) is 12.3 Å². The van der Waals surface area contributed by atoms with E-state index in [1.54, 1.807) is 6.92 Å². The van der Waals surface area contributed by atoms with Gasteiger partial charge in [-0.15, -0.1) is 0 Å². The summed E-state index contributed by atoms with van der Waals surface area (Å²) in [6.07, 6.45) is 0.433. The van der Waals surface area contributed by atoms with Crippen LogP contribution in [0.15, 0.2) is 18.2 Å². The molecule has 88 valence electrons. The highest BCUT2D eigenvalue weighted by molar-refractivity contribution is 5.94. The predicted octanol–water partition coefficient (Wildman–Crippen LogP) is 0.909. The summed E-state index contributed by atoms with van der Waals surface area (Å²) in [7, 11) is 0. The van der Waals surface area contributed by atoms with Crippen molar-refractivity contribution in [1.82, 2.24) is 5.32 Å². The summed E-state index contributed by atoms with van der Waals surface area (Å²) in [6, 6.07) is 3.71. The van der Waals surface area contributed by atoms with Gasteiger partial charge in [0.05, 0.1) is 5.56 Å². The third-order valence-electron chi connectivity index (χ3n) is 2.18. The number of rotatable bonds is 4. The molecule has 0 radical (unpaired) electrons. The first-order chi connectivity index (χ1) is 7.54. The molecule has 1 rings (SSSR count). The molecule has 0 aromatic heterocycles. The number of benzene rings is 1. The average molecular weight is 226 g/mol. The third kappa shape index (κ3) is 3.20. The van der Waals surface area contributed by atoms with Crippen LogP contribution in [0.2, 0.25) is 0 Å². The van der Waals surface area contributed by atoms with Crippen molar-refractivity contribution in [2.45, 2.75) is 19.4 Å². The minimum absolute atomic E-state index is 0.0222. The molecular formula is C11H15FN2O2. The van der Waals surface area contributed by atoms with E-state index in [1.165, 1.54) is 12.1 Å². The Morgan fingerprint density at radius 2 is 2.31 bits per heavy atom. The van der Waals surface area contributed by atoms with Crippen LogP contribution in [0.3, 0.4) is 0 Å². The van der Waals surface area contributed by atoms with Gasteiger partial charge in [0.25, 0.3) is 5.91 Å². The van der Waals surface area contributed by atoms with Crippen molar-refractivity contribution in [1.29, 1.82) is 0 Å². The van der Waals surface area contributed by atoms with Crippen LogP contribution in [-0.4, -0.2) is 23.7 Å². The molecule has 0 fully saturated rings. The molecule has 1 unspecified atom stereocenters. The number of nitrogen functional groups attached to an aromatic ring is 1. The molecule has 0 aliphatic heterocycles. The summed E-state index contributed by atoms with van der Waals surface area (Å²) in [4.78, 5) is 11.6. The summed E-state index contributed by atoms with van der Waals surface area (Å²) >= 11 is 0. The predicted molar refractivity (Wildman–Crippen MR) is 59.4 cm³/mol. The van der Waals surface area contributed by atoms with Gasteiger partial charge in [-0.05, 0) is 31.5 Å². The zero-order valence-corrected chi connectivity index (χ0v) is 9.03. The Balaban J connectivity index is 2.73. The molecule has 1 aromatic rings. The van der Waals surface area contributed by atoms with Crippen molar-refractivity contribution in [3.05, 3.63) is 29.6 Å². The van der Waals surface area contributed by atoms with Crippen LogP contribution in [0.5, 0.6) is 0 Å². The monoisotopic (exact) mass is 226 g/mol. The lowest BCUT2D eigenvalue weighted by molar-refractivity contribution is 0.0930. The van der Waals surface area contributed by atoms with E-state index in [9.17, 15) is 9.18 Å². The smallest absolute Gasteiger partial charge is 0.254 e. The van der Waals surface area contributed by atoms with Crippen LogP contribution in [0, 0.1) is 5.82 Å². The highest BCUT2D eigenvalue weighted by Crippen LogP contribution is 2.11. The normalized spacial score (nSPS) is 12.2. The molecule has 0 aliphatic carbocycles. The van der Waals surface area contributed by atoms with Gasteiger partial charge in [-0.1, -0.05) is 0 Å². The van der Waals surface area contributed by atoms with E-state index in [0.29, 0.717) is 6.42 Å². The molecule has 1 atom stereocenters. The lowest BCUT2D eigenvalue weighted by Crippen LogP contribution is -2.33. The largest absolute Gasteiger partial charge is 0.399 e. The maximum Gasteiger partial charge on any atom is 0.254 e. The van der Waals surface area contributed by atoms with Gasteiger partial charge < -0.3 is 16.2 Å². The second-order valence-corrected chi connectivity index (χ2v) is 3.63. The SMILES string of the molecule is CC(CCO)NC(=O)c1ccc(N)cc1F. The number of aliphatic hydroxyl groups excluding tert-OH is 1. The molecule has 4 N–H and O–H groups in total. The number of carbonyl (C=O) groups is 1. The lowest BCUT2D eigenvalue weighted by Gasteiger charge is -2.12. The van der Waals surface area contributed by atoms with Gasteiger partial charge >= 0.3 is 0 Å². The summed E-state index contributed by atoms with van der Waals surface area (Å²) < 4.78 is 13.3. The molecule has 0 heterocycles. The minimum atomic E-state index is -0.645. The van der Waals surface area contributed by atoms with E-state index in [1.807, 2.05) is 0 Å². The van der Waals surface area contributed by atoms with Crippen LogP contribution in [0.25, 0.3) is 0 Å². The fraction of sp³-hybridized carbons (Fsp3) is 0.364. The number of halogens is 1. The van der Waals surface area contributed by atoms with Crippen LogP contribution < -0.4 is 11.1 Å². The van der Waals surface area contributed by atoms with E-state index in [0.717, 1.165) is 6.07 Å². The maximum absolute atomic E-state index is 13.3. The van der Waals surface area contributed by atoms with Gasteiger partial charge in [-0.3, -0.25) is 4.79 Å². The van der Waals surface area contributed by atoms with Crippen LogP contribution in [0.1, 0.15) is 23.7 Å². The van der Waals surface area contributed by atoms with E-state index >= 15 is 0 Å². The van der Waals surface area contributed by atoms with E-state index in [4.69, 9.17) is 10.8 Å². The fourth-order valence-electron chi connectivity index (χ4n) is 1.28. The van der Waals surface area contributed by atoms with Gasteiger partial charge in [0.2, 0.25) is 0 Å². The van der Waals surface area contributed by atoms with Crippen molar-refractivity contribution in [3.8, 4) is 0 Å². The number of anilines is 1. The van der Waals surface area contributed by atoms with Gasteiger partial charge in [0.15, 0.2) is 0 Å². The zero-order chi connectivity index (χ0) is 12.1. The van der Waals surface area contributed by atoms with Gasteiger partial charge in [-0.25, -0.2) is 4.39 Å². The second-order valence-electron chi connectivity index (χ2n) is 3.63. The Kier molecular flexibility index (Phi) is 4.25. The molecule has 1 aromatic carbocycles. The average Bonchev–Trinajstić information content (AvgIpc) is 2.17. The molecule has 0 spiro atoms. The molecule has 1 amide bonds. The molecule has 4 nitrogen and oxygen atoms in total. The van der Waals surface area contributed by atoms with Gasteiger partial charge in [0.1, 0.15) is 5.82 Å². The summed E-state index contributed by atoms with van der Waals surface area (Å²) in [5, 5.41) is 11.2. The maximum atomic E-state index is 13.3. The molecule has 0 aliphatic rings. The minimum Gasteiger partial charge on any atom is -0.399 e. The molecule has 16 heavy (non-hydrogen) atoms. The Morgan fingerprint density at radius 3 is 2.88 bits per heavy atom. The van der Waals surface area contributed by atoms with E-state index in [2.05, 4.69) is 5.32 Å². The van der Waals surface area contributed by atoms with Crippen molar-refractivity contribution in [2.24, 2.45) is 0 Å². The van der Waals surface area contributed by atoms with Crippen molar-refractivity contribution in [3.63, 3.8) is 0 Å². The van der Waals surface area contributed by atoms with Crippen LogP contribution >= 0.6 is 0 Å². The summed E-state index contributed by atoms with van der Waals surface area (Å²) in [6.45, 7) is 1.72. The highest BCUT2D eigenvalue weighted by atomic mass is 19.1. The Bertz CT molecular complexity index is 382. The van der Waals surface area contributed by atoms with Gasteiger partial charge in [0, 0.05) is 18.3 Å². The molecule has 0 bridgehead atoms. The second kappa shape index (κ2) is 5.46. The van der Waals surface area contributed by atoms with Crippen LogP contribution in [0.4, 0.5) is 10.1 Å². The number of aliphatic hydroxyl groups is 1. The van der Waals surface area contributed by atoms with E-state index < -0.39 is 11.7 Å². The summed E-state index contributed by atoms with van der Waals surface area (Å²) in [5.41, 5.74) is 5.60. The van der Waals surface area contributed by atoms with Crippen LogP contribution in [-0.2, 0) is 0 Å². The third-order valence-corrected chi connectivity index (χ3v) is 2.18. The summed E-state index contributed by atoms with van der Waals surface area (Å²) in [5.74, 6) is -1.15. The zero-order valence-electron chi connectivity index (χ0n) is 9.03. The molecular weight excluding hydrogens is 211 g/mol. The Labute approximate surface area is 93.3 Å². The fourth-order valence-corrected chi connectivity index (χ4v) is 1.28. The lowest BCUT2D eigenvalue weighted by atomic mass is 10.1. The first kappa shape index (κ1) is 12.4. The number of nitrogens with one attached hydrogen (secondary N) is 1. The first-order valence-corrected chi connectivity index (χ1v) is 5.01. The molecule has 0 saturated carbocycles. The molecule has 0 saturated heterocycles. The van der Waals surface area contributed by atoms with Gasteiger partial charge in [-0.2, -0.15) is 0 Å². The first-order valence-electron chi connectivity index (χ1n) is 5.01. The van der Waals surface area contributed by atoms with Crippen molar-refractivity contribution < 1.29 is 14.3 Å². The Hall–Kier alpha value is -1.62. The number of nitrogens with two attached hydrogens (primary N) is 1. The number of hydrogen-bond donors (Lipinski definition) is 3. The number of hydrogen-bond acceptors (Lipinski definition) is 3. The quantitative estimate of drug-likeness (QED) is 0.668. The van der Waals surface area contributed by atoms with Crippen molar-refractivity contribution >= 4 is 11.6 Å². The van der Waals surface area contributed by atoms with E-state index in [-0.39, 0.29) is 23.9 Å². The highest BCUT2D eigenvalue weighted by Gasteiger charge is 2.13. The number of amides is 1.